The van der Waals surface area contributed by atoms with Crippen molar-refractivity contribution in [2.45, 2.75) is 17.8 Å². The Morgan fingerprint density at radius 3 is 2.46 bits per heavy atom. The number of methoxy groups -OCH3 is 1. The molecule has 0 aliphatic carbocycles. The van der Waals surface area contributed by atoms with Gasteiger partial charge in [0.05, 0.1) is 19.3 Å². The standard InChI is InChI=1S/C20H19BrO5/c1-13(21)20(15-6-4-3-5-7-15)18(17(22)12-25-20)26-19(23)14-8-10-16(24-2)11-9-14/h3-11,17-18,22H,1,12H2,2H3/t17-,18-,20-/m1/s1. The van der Waals surface area contributed by atoms with Crippen LogP contribution in [0.25, 0.3) is 0 Å². The van der Waals surface area contributed by atoms with Crippen LogP contribution >= 0.6 is 15.9 Å². The van der Waals surface area contributed by atoms with Crippen LogP contribution in [-0.4, -0.2) is 37.0 Å². The smallest absolute Gasteiger partial charge is 0.338 e. The average Bonchev–Trinajstić information content (AvgIpc) is 3.00. The fourth-order valence-electron chi connectivity index (χ4n) is 3.05. The number of carbonyl (C=O) groups excluding carboxylic acids is 1. The predicted octanol–water partition coefficient (Wildman–Crippen LogP) is 3.42. The maximum absolute atomic E-state index is 12.6. The molecule has 1 N–H and O–H groups in total. The van der Waals surface area contributed by atoms with Crippen molar-refractivity contribution in [1.82, 2.24) is 0 Å². The zero-order chi connectivity index (χ0) is 18.7. The monoisotopic (exact) mass is 418 g/mol. The van der Waals surface area contributed by atoms with Crippen molar-refractivity contribution in [2.24, 2.45) is 0 Å². The molecular formula is C20H19BrO5. The molecule has 0 aromatic heterocycles. The Kier molecular flexibility index (Phi) is 5.46. The van der Waals surface area contributed by atoms with E-state index in [1.165, 1.54) is 0 Å². The quantitative estimate of drug-likeness (QED) is 0.753. The Labute approximate surface area is 160 Å². The molecule has 3 rings (SSSR count). The maximum Gasteiger partial charge on any atom is 0.338 e. The van der Waals surface area contributed by atoms with Crippen LogP contribution in [0.1, 0.15) is 15.9 Å². The number of ether oxygens (including phenoxy) is 3. The summed E-state index contributed by atoms with van der Waals surface area (Å²) in [6, 6.07) is 15.8. The van der Waals surface area contributed by atoms with Gasteiger partial charge in [-0.05, 0) is 29.8 Å². The number of esters is 1. The van der Waals surface area contributed by atoms with Crippen LogP contribution in [0.4, 0.5) is 0 Å². The van der Waals surface area contributed by atoms with Gasteiger partial charge in [-0.1, -0.05) is 52.8 Å². The van der Waals surface area contributed by atoms with E-state index < -0.39 is 23.8 Å². The zero-order valence-corrected chi connectivity index (χ0v) is 15.8. The van der Waals surface area contributed by atoms with E-state index in [0.717, 1.165) is 5.56 Å². The van der Waals surface area contributed by atoms with Gasteiger partial charge in [0, 0.05) is 4.48 Å². The molecule has 0 unspecified atom stereocenters. The Hall–Kier alpha value is -2.15. The van der Waals surface area contributed by atoms with E-state index >= 15 is 0 Å². The van der Waals surface area contributed by atoms with Gasteiger partial charge in [-0.3, -0.25) is 0 Å². The van der Waals surface area contributed by atoms with Crippen molar-refractivity contribution in [3.05, 3.63) is 76.8 Å². The lowest BCUT2D eigenvalue weighted by Gasteiger charge is -2.34. The number of rotatable bonds is 5. The molecule has 6 heteroatoms. The molecule has 136 valence electrons. The maximum atomic E-state index is 12.6. The van der Waals surface area contributed by atoms with Crippen molar-refractivity contribution < 1.29 is 24.1 Å². The molecule has 1 saturated heterocycles. The van der Waals surface area contributed by atoms with Crippen LogP contribution in [0.5, 0.6) is 5.75 Å². The van der Waals surface area contributed by atoms with Gasteiger partial charge in [0.2, 0.25) is 0 Å². The second-order valence-corrected chi connectivity index (χ2v) is 6.90. The van der Waals surface area contributed by atoms with Crippen LogP contribution in [0.3, 0.4) is 0 Å². The summed E-state index contributed by atoms with van der Waals surface area (Å²) in [5, 5.41) is 10.4. The SMILES string of the molecule is C=C(Br)[C@]1(c2ccccc2)OC[C@@H](O)[C@H]1OC(=O)c1ccc(OC)cc1. The molecule has 1 fully saturated rings. The van der Waals surface area contributed by atoms with Crippen molar-refractivity contribution >= 4 is 21.9 Å². The van der Waals surface area contributed by atoms with Crippen LogP contribution in [0, 0.1) is 0 Å². The lowest BCUT2D eigenvalue weighted by Crippen LogP contribution is -2.44. The fourth-order valence-corrected chi connectivity index (χ4v) is 3.62. The highest BCUT2D eigenvalue weighted by atomic mass is 79.9. The largest absolute Gasteiger partial charge is 0.497 e. The van der Waals surface area contributed by atoms with Crippen molar-refractivity contribution in [2.75, 3.05) is 13.7 Å². The summed E-state index contributed by atoms with van der Waals surface area (Å²) in [6.07, 6.45) is -1.92. The number of halogens is 1. The normalized spacial score (nSPS) is 24.9. The number of aliphatic hydroxyl groups excluding tert-OH is 1. The summed E-state index contributed by atoms with van der Waals surface area (Å²) in [5.41, 5.74) is -0.0685. The molecule has 3 atom stereocenters. The van der Waals surface area contributed by atoms with Gasteiger partial charge in [-0.25, -0.2) is 4.79 Å². The summed E-state index contributed by atoms with van der Waals surface area (Å²) in [5.74, 6) is 0.0783. The summed E-state index contributed by atoms with van der Waals surface area (Å²) in [4.78, 5) is 12.6. The molecule has 0 radical (unpaired) electrons. The van der Waals surface area contributed by atoms with Crippen molar-refractivity contribution in [3.8, 4) is 5.75 Å². The third-order valence-electron chi connectivity index (χ3n) is 4.40. The van der Waals surface area contributed by atoms with Crippen molar-refractivity contribution in [1.29, 1.82) is 0 Å². The Morgan fingerprint density at radius 1 is 1.23 bits per heavy atom. The van der Waals surface area contributed by atoms with E-state index in [-0.39, 0.29) is 6.61 Å². The highest BCUT2D eigenvalue weighted by Crippen LogP contribution is 2.46. The van der Waals surface area contributed by atoms with Gasteiger partial charge in [0.1, 0.15) is 11.9 Å². The third kappa shape index (κ3) is 3.28. The van der Waals surface area contributed by atoms with Crippen molar-refractivity contribution in [3.63, 3.8) is 0 Å². The average molecular weight is 419 g/mol. The minimum absolute atomic E-state index is 0.0279. The van der Waals surface area contributed by atoms with Gasteiger partial charge in [0.15, 0.2) is 11.7 Å². The van der Waals surface area contributed by atoms with E-state index in [1.807, 2.05) is 30.3 Å². The number of carbonyl (C=O) groups is 1. The first-order chi connectivity index (χ1) is 12.5. The van der Waals surface area contributed by atoms with Gasteiger partial charge < -0.3 is 19.3 Å². The number of hydrogen-bond acceptors (Lipinski definition) is 5. The molecule has 0 amide bonds. The molecule has 0 bridgehead atoms. The minimum atomic E-state index is -1.16. The van der Waals surface area contributed by atoms with E-state index in [2.05, 4.69) is 22.5 Å². The fraction of sp³-hybridized carbons (Fsp3) is 0.250. The first-order valence-corrected chi connectivity index (χ1v) is 8.86. The number of hydrogen-bond donors (Lipinski definition) is 1. The summed E-state index contributed by atoms with van der Waals surface area (Å²) in [7, 11) is 1.55. The predicted molar refractivity (Wildman–Crippen MR) is 100 cm³/mol. The molecule has 26 heavy (non-hydrogen) atoms. The molecule has 0 saturated carbocycles. The van der Waals surface area contributed by atoms with Gasteiger partial charge >= 0.3 is 5.97 Å². The lowest BCUT2D eigenvalue weighted by molar-refractivity contribution is -0.0537. The Morgan fingerprint density at radius 2 is 1.88 bits per heavy atom. The van der Waals surface area contributed by atoms with E-state index in [9.17, 15) is 9.90 Å². The zero-order valence-electron chi connectivity index (χ0n) is 14.2. The molecule has 0 spiro atoms. The summed E-state index contributed by atoms with van der Waals surface area (Å²) >= 11 is 3.39. The third-order valence-corrected chi connectivity index (χ3v) is 4.99. The molecule has 5 nitrogen and oxygen atoms in total. The van der Waals surface area contributed by atoms with E-state index in [1.54, 1.807) is 31.4 Å². The van der Waals surface area contributed by atoms with Gasteiger partial charge in [-0.2, -0.15) is 0 Å². The highest BCUT2D eigenvalue weighted by Gasteiger charge is 2.55. The number of aliphatic hydroxyl groups is 1. The Bertz CT molecular complexity index is 790. The highest BCUT2D eigenvalue weighted by molar-refractivity contribution is 9.11. The Balaban J connectivity index is 1.92. The first-order valence-electron chi connectivity index (χ1n) is 8.06. The molecule has 1 aliphatic rings. The summed E-state index contributed by atoms with van der Waals surface area (Å²) < 4.78 is 17.1. The molecule has 2 aromatic rings. The van der Waals surface area contributed by atoms with Crippen LogP contribution < -0.4 is 4.74 Å². The summed E-state index contributed by atoms with van der Waals surface area (Å²) in [6.45, 7) is 3.97. The number of benzene rings is 2. The van der Waals surface area contributed by atoms with Crippen LogP contribution in [0.2, 0.25) is 0 Å². The van der Waals surface area contributed by atoms with Gasteiger partial charge in [-0.15, -0.1) is 0 Å². The molecule has 2 aromatic carbocycles. The topological polar surface area (TPSA) is 65.0 Å². The molecular weight excluding hydrogens is 400 g/mol. The first kappa shape index (κ1) is 18.6. The van der Waals surface area contributed by atoms with Gasteiger partial charge in [0.25, 0.3) is 0 Å². The van der Waals surface area contributed by atoms with E-state index in [4.69, 9.17) is 14.2 Å². The van der Waals surface area contributed by atoms with E-state index in [0.29, 0.717) is 15.8 Å². The van der Waals surface area contributed by atoms with Crippen LogP contribution in [0.15, 0.2) is 65.7 Å². The second-order valence-electron chi connectivity index (χ2n) is 5.94. The second kappa shape index (κ2) is 7.61. The van der Waals surface area contributed by atoms with Crippen LogP contribution in [-0.2, 0) is 15.1 Å². The lowest BCUT2D eigenvalue weighted by atomic mass is 9.87. The minimum Gasteiger partial charge on any atom is -0.497 e. The molecule has 1 aliphatic heterocycles. The molecule has 1 heterocycles.